The molecule has 1 aliphatic heterocycles. The highest BCUT2D eigenvalue weighted by Crippen LogP contribution is 2.24. The SMILES string of the molecule is CCC(C)N1CC(C(=O)Nc2ccc(C)c(Cl)c2)CC1=O. The Morgan fingerprint density at radius 2 is 2.24 bits per heavy atom. The first-order chi connectivity index (χ1) is 9.92. The van der Waals surface area contributed by atoms with Gasteiger partial charge in [-0.2, -0.15) is 0 Å². The summed E-state index contributed by atoms with van der Waals surface area (Å²) in [6.07, 6.45) is 1.18. The number of carbonyl (C=O) groups excluding carboxylic acids is 2. The molecular formula is C16H21ClN2O2. The Hall–Kier alpha value is -1.55. The van der Waals surface area contributed by atoms with Gasteiger partial charge in [-0.25, -0.2) is 0 Å². The van der Waals surface area contributed by atoms with E-state index in [9.17, 15) is 9.59 Å². The lowest BCUT2D eigenvalue weighted by Gasteiger charge is -2.23. The second-order valence-corrected chi connectivity index (χ2v) is 6.06. The zero-order chi connectivity index (χ0) is 15.6. The summed E-state index contributed by atoms with van der Waals surface area (Å²) in [5.74, 6) is -0.341. The van der Waals surface area contributed by atoms with E-state index in [1.54, 1.807) is 11.0 Å². The molecule has 1 aliphatic rings. The van der Waals surface area contributed by atoms with Crippen LogP contribution >= 0.6 is 11.6 Å². The van der Waals surface area contributed by atoms with Gasteiger partial charge in [-0.15, -0.1) is 0 Å². The third kappa shape index (κ3) is 3.56. The van der Waals surface area contributed by atoms with Gasteiger partial charge < -0.3 is 10.2 Å². The van der Waals surface area contributed by atoms with Gasteiger partial charge in [0.15, 0.2) is 0 Å². The average Bonchev–Trinajstić information content (AvgIpc) is 2.84. The van der Waals surface area contributed by atoms with Crippen LogP contribution in [0.4, 0.5) is 5.69 Å². The van der Waals surface area contributed by atoms with E-state index in [-0.39, 0.29) is 30.2 Å². The largest absolute Gasteiger partial charge is 0.339 e. The van der Waals surface area contributed by atoms with Crippen LogP contribution in [-0.4, -0.2) is 29.3 Å². The molecule has 1 saturated heterocycles. The second-order valence-electron chi connectivity index (χ2n) is 5.66. The number of anilines is 1. The summed E-state index contributed by atoms with van der Waals surface area (Å²) in [4.78, 5) is 26.0. The molecule has 4 nitrogen and oxygen atoms in total. The highest BCUT2D eigenvalue weighted by molar-refractivity contribution is 6.31. The van der Waals surface area contributed by atoms with E-state index in [0.717, 1.165) is 12.0 Å². The molecule has 0 radical (unpaired) electrons. The molecule has 1 heterocycles. The summed E-state index contributed by atoms with van der Waals surface area (Å²) in [6.45, 7) is 6.46. The maximum Gasteiger partial charge on any atom is 0.229 e. The minimum Gasteiger partial charge on any atom is -0.339 e. The van der Waals surface area contributed by atoms with E-state index in [2.05, 4.69) is 5.32 Å². The van der Waals surface area contributed by atoms with Crippen LogP contribution in [0, 0.1) is 12.8 Å². The molecule has 1 aromatic rings. The summed E-state index contributed by atoms with van der Waals surface area (Å²) in [5.41, 5.74) is 1.64. The molecule has 0 spiro atoms. The van der Waals surface area contributed by atoms with Crippen molar-refractivity contribution in [2.24, 2.45) is 5.92 Å². The van der Waals surface area contributed by atoms with Gasteiger partial charge in [0.05, 0.1) is 5.92 Å². The lowest BCUT2D eigenvalue weighted by Crippen LogP contribution is -2.35. The molecule has 0 aromatic heterocycles. The van der Waals surface area contributed by atoms with Crippen molar-refractivity contribution in [3.63, 3.8) is 0 Å². The quantitative estimate of drug-likeness (QED) is 0.928. The minimum absolute atomic E-state index is 0.0615. The molecular weight excluding hydrogens is 288 g/mol. The highest BCUT2D eigenvalue weighted by Gasteiger charge is 2.36. The summed E-state index contributed by atoms with van der Waals surface area (Å²) < 4.78 is 0. The number of amides is 2. The van der Waals surface area contributed by atoms with Crippen LogP contribution < -0.4 is 5.32 Å². The topological polar surface area (TPSA) is 49.4 Å². The number of hydrogen-bond donors (Lipinski definition) is 1. The van der Waals surface area contributed by atoms with Gasteiger partial charge in [-0.1, -0.05) is 24.6 Å². The summed E-state index contributed by atoms with van der Waals surface area (Å²) in [6, 6.07) is 5.60. The number of hydrogen-bond acceptors (Lipinski definition) is 2. The Balaban J connectivity index is 2.01. The number of nitrogens with one attached hydrogen (secondary N) is 1. The van der Waals surface area contributed by atoms with Gasteiger partial charge in [0.25, 0.3) is 0 Å². The first-order valence-electron chi connectivity index (χ1n) is 7.28. The fourth-order valence-electron chi connectivity index (χ4n) is 2.47. The standard InChI is InChI=1S/C16H21ClN2O2/c1-4-11(3)19-9-12(7-15(19)20)16(21)18-13-6-5-10(2)14(17)8-13/h5-6,8,11-12H,4,7,9H2,1-3H3,(H,18,21). The third-order valence-electron chi connectivity index (χ3n) is 4.09. The lowest BCUT2D eigenvalue weighted by atomic mass is 10.1. The molecule has 21 heavy (non-hydrogen) atoms. The van der Waals surface area contributed by atoms with Crippen molar-refractivity contribution in [1.29, 1.82) is 0 Å². The summed E-state index contributed by atoms with van der Waals surface area (Å²) in [5, 5.41) is 3.47. The highest BCUT2D eigenvalue weighted by atomic mass is 35.5. The van der Waals surface area contributed by atoms with Gasteiger partial charge in [0.1, 0.15) is 0 Å². The van der Waals surface area contributed by atoms with Crippen LogP contribution in [0.1, 0.15) is 32.3 Å². The molecule has 1 N–H and O–H groups in total. The Labute approximate surface area is 130 Å². The van der Waals surface area contributed by atoms with Crippen molar-refractivity contribution in [3.8, 4) is 0 Å². The van der Waals surface area contributed by atoms with Crippen LogP contribution in [0.5, 0.6) is 0 Å². The first-order valence-corrected chi connectivity index (χ1v) is 7.66. The Morgan fingerprint density at radius 3 is 2.86 bits per heavy atom. The van der Waals surface area contributed by atoms with Crippen LogP contribution in [0.2, 0.25) is 5.02 Å². The molecule has 2 amide bonds. The molecule has 1 fully saturated rings. The number of nitrogens with zero attached hydrogens (tertiary/aromatic N) is 1. The molecule has 2 atom stereocenters. The van der Waals surface area contributed by atoms with E-state index >= 15 is 0 Å². The van der Waals surface area contributed by atoms with Gasteiger partial charge in [0.2, 0.25) is 11.8 Å². The number of likely N-dealkylation sites (tertiary alicyclic amines) is 1. The molecule has 0 saturated carbocycles. The normalized spacial score (nSPS) is 19.7. The van der Waals surface area contributed by atoms with Gasteiger partial charge in [0, 0.05) is 29.7 Å². The number of aryl methyl sites for hydroxylation is 1. The molecule has 114 valence electrons. The maximum absolute atomic E-state index is 12.3. The van der Waals surface area contributed by atoms with Crippen molar-refractivity contribution in [3.05, 3.63) is 28.8 Å². The fraction of sp³-hybridized carbons (Fsp3) is 0.500. The van der Waals surface area contributed by atoms with Crippen LogP contribution in [-0.2, 0) is 9.59 Å². The monoisotopic (exact) mass is 308 g/mol. The molecule has 0 bridgehead atoms. The molecule has 2 rings (SSSR count). The van der Waals surface area contributed by atoms with E-state index in [0.29, 0.717) is 17.3 Å². The summed E-state index contributed by atoms with van der Waals surface area (Å²) >= 11 is 6.05. The van der Waals surface area contributed by atoms with E-state index in [1.807, 2.05) is 32.9 Å². The average molecular weight is 309 g/mol. The second kappa shape index (κ2) is 6.48. The molecule has 5 heteroatoms. The smallest absolute Gasteiger partial charge is 0.229 e. The molecule has 0 aliphatic carbocycles. The zero-order valence-electron chi connectivity index (χ0n) is 12.6. The number of carbonyl (C=O) groups is 2. The van der Waals surface area contributed by atoms with Gasteiger partial charge >= 0.3 is 0 Å². The third-order valence-corrected chi connectivity index (χ3v) is 4.50. The van der Waals surface area contributed by atoms with E-state index < -0.39 is 0 Å². The van der Waals surface area contributed by atoms with Gasteiger partial charge in [-0.3, -0.25) is 9.59 Å². The fourth-order valence-corrected chi connectivity index (χ4v) is 2.65. The zero-order valence-corrected chi connectivity index (χ0v) is 13.4. The van der Waals surface area contributed by atoms with Crippen molar-refractivity contribution in [2.45, 2.75) is 39.7 Å². The molecule has 1 aromatic carbocycles. The lowest BCUT2D eigenvalue weighted by molar-refractivity contribution is -0.129. The van der Waals surface area contributed by atoms with Crippen molar-refractivity contribution in [1.82, 2.24) is 4.90 Å². The summed E-state index contributed by atoms with van der Waals surface area (Å²) in [7, 11) is 0. The Bertz CT molecular complexity index is 559. The van der Waals surface area contributed by atoms with Crippen molar-refractivity contribution < 1.29 is 9.59 Å². The Kier molecular flexibility index (Phi) is 4.88. The molecule has 2 unspecified atom stereocenters. The number of benzene rings is 1. The van der Waals surface area contributed by atoms with Gasteiger partial charge in [-0.05, 0) is 38.0 Å². The van der Waals surface area contributed by atoms with E-state index in [1.165, 1.54) is 0 Å². The number of rotatable bonds is 4. The van der Waals surface area contributed by atoms with E-state index in [4.69, 9.17) is 11.6 Å². The predicted octanol–water partition coefficient (Wildman–Crippen LogP) is 3.23. The van der Waals surface area contributed by atoms with Crippen LogP contribution in [0.15, 0.2) is 18.2 Å². The predicted molar refractivity (Wildman–Crippen MR) is 84.4 cm³/mol. The van der Waals surface area contributed by atoms with Crippen LogP contribution in [0.25, 0.3) is 0 Å². The van der Waals surface area contributed by atoms with Crippen molar-refractivity contribution >= 4 is 29.1 Å². The maximum atomic E-state index is 12.3. The Morgan fingerprint density at radius 1 is 1.52 bits per heavy atom. The van der Waals surface area contributed by atoms with Crippen molar-refractivity contribution in [2.75, 3.05) is 11.9 Å². The first kappa shape index (κ1) is 15.8. The van der Waals surface area contributed by atoms with Crippen LogP contribution in [0.3, 0.4) is 0 Å². The number of halogens is 1. The minimum atomic E-state index is -0.286.